The number of benzene rings is 2. The molecule has 2 N–H and O–H groups in total. The van der Waals surface area contributed by atoms with Gasteiger partial charge in [-0.25, -0.2) is 0 Å². The highest BCUT2D eigenvalue weighted by Gasteiger charge is 2.31. The van der Waals surface area contributed by atoms with Crippen LogP contribution in [-0.4, -0.2) is 25.5 Å². The first-order valence-corrected chi connectivity index (χ1v) is 8.73. The highest BCUT2D eigenvalue weighted by atomic mass is 35.5. The van der Waals surface area contributed by atoms with E-state index in [4.69, 9.17) is 21.6 Å². The molecule has 2 amide bonds. The summed E-state index contributed by atoms with van der Waals surface area (Å²) in [5.41, 5.74) is 0.550. The molecule has 0 saturated heterocycles. The first-order valence-electron chi connectivity index (χ1n) is 8.35. The van der Waals surface area contributed by atoms with E-state index in [1.54, 1.807) is 7.11 Å². The normalized spacial score (nSPS) is 12.5. The summed E-state index contributed by atoms with van der Waals surface area (Å²) in [6.45, 7) is 2.06. The van der Waals surface area contributed by atoms with Crippen molar-refractivity contribution in [2.45, 2.75) is 18.9 Å². The maximum atomic E-state index is 12.2. The second kappa shape index (κ2) is 9.17. The van der Waals surface area contributed by atoms with Gasteiger partial charge in [-0.3, -0.25) is 9.59 Å². The third kappa shape index (κ3) is 4.85. The van der Waals surface area contributed by atoms with Crippen molar-refractivity contribution in [3.05, 3.63) is 64.7 Å². The lowest BCUT2D eigenvalue weighted by molar-refractivity contribution is -0.137. The van der Waals surface area contributed by atoms with Gasteiger partial charge in [0.05, 0.1) is 17.8 Å². The number of rotatable bonds is 6. The predicted molar refractivity (Wildman–Crippen MR) is 103 cm³/mol. The van der Waals surface area contributed by atoms with Crippen molar-refractivity contribution in [3.8, 4) is 6.07 Å². The average molecular weight is 386 g/mol. The lowest BCUT2D eigenvalue weighted by Gasteiger charge is -2.32. The number of ether oxygens (including phenoxy) is 1. The van der Waals surface area contributed by atoms with Crippen molar-refractivity contribution in [1.29, 1.82) is 5.26 Å². The van der Waals surface area contributed by atoms with Crippen molar-refractivity contribution in [2.24, 2.45) is 0 Å². The van der Waals surface area contributed by atoms with Crippen LogP contribution in [0.3, 0.4) is 0 Å². The molecule has 0 aliphatic carbocycles. The Morgan fingerprint density at radius 3 is 2.48 bits per heavy atom. The Kier molecular flexibility index (Phi) is 6.94. The van der Waals surface area contributed by atoms with Crippen molar-refractivity contribution < 1.29 is 14.3 Å². The first-order chi connectivity index (χ1) is 13.0. The fraction of sp³-hybridized carbons (Fsp3) is 0.250. The van der Waals surface area contributed by atoms with Crippen LogP contribution in [0.25, 0.3) is 0 Å². The van der Waals surface area contributed by atoms with Crippen molar-refractivity contribution in [1.82, 2.24) is 5.32 Å². The van der Waals surface area contributed by atoms with Gasteiger partial charge in [0.1, 0.15) is 11.7 Å². The van der Waals surface area contributed by atoms with Crippen molar-refractivity contribution >= 4 is 29.1 Å². The van der Waals surface area contributed by atoms with Gasteiger partial charge in [0, 0.05) is 12.1 Å². The Labute approximate surface area is 163 Å². The minimum absolute atomic E-state index is 0.122. The number of nitrogens with zero attached hydrogens (tertiary/aromatic N) is 1. The third-order valence-corrected chi connectivity index (χ3v) is 4.59. The van der Waals surface area contributed by atoms with Crippen LogP contribution in [-0.2, 0) is 19.9 Å². The molecule has 0 spiro atoms. The van der Waals surface area contributed by atoms with E-state index in [0.717, 1.165) is 5.56 Å². The number of methoxy groups -OCH3 is 1. The smallest absolute Gasteiger partial charge is 0.313 e. The molecule has 0 bridgehead atoms. The van der Waals surface area contributed by atoms with E-state index in [0.29, 0.717) is 11.4 Å². The van der Waals surface area contributed by atoms with Crippen molar-refractivity contribution in [2.75, 3.05) is 19.0 Å². The summed E-state index contributed by atoms with van der Waals surface area (Å²) in [7, 11) is 1.56. The van der Waals surface area contributed by atoms with Gasteiger partial charge in [-0.05, 0) is 30.2 Å². The van der Waals surface area contributed by atoms with E-state index in [1.807, 2.05) is 43.3 Å². The zero-order valence-electron chi connectivity index (χ0n) is 15.1. The van der Waals surface area contributed by atoms with Gasteiger partial charge in [-0.1, -0.05) is 48.9 Å². The predicted octanol–water partition coefficient (Wildman–Crippen LogP) is 3.22. The zero-order valence-corrected chi connectivity index (χ0v) is 15.8. The molecule has 0 fully saturated rings. The monoisotopic (exact) mass is 385 g/mol. The standard InChI is InChI=1S/C20H20ClN3O3/c1-3-20(27-2,15-7-5-4-6-8-15)13-23-18(25)19(26)24-17-11-16(21)10-9-14(17)12-22/h4-11H,3,13H2,1-2H3,(H,23,25)(H,24,26)/t20-/m0/s1. The van der Waals surface area contributed by atoms with Crippen LogP contribution < -0.4 is 10.6 Å². The SMILES string of the molecule is CC[C@@](CNC(=O)C(=O)Nc1cc(Cl)ccc1C#N)(OC)c1ccccc1. The van der Waals surface area contributed by atoms with Crippen LogP contribution in [0.1, 0.15) is 24.5 Å². The van der Waals surface area contributed by atoms with E-state index < -0.39 is 17.4 Å². The molecular formula is C20H20ClN3O3. The zero-order chi connectivity index (χ0) is 19.9. The van der Waals surface area contributed by atoms with Crippen LogP contribution in [0, 0.1) is 11.3 Å². The Morgan fingerprint density at radius 1 is 1.19 bits per heavy atom. The fourth-order valence-corrected chi connectivity index (χ4v) is 2.88. The van der Waals surface area contributed by atoms with Gasteiger partial charge in [0.15, 0.2) is 0 Å². The molecule has 2 aromatic rings. The Bertz CT molecular complexity index is 859. The summed E-state index contributed by atoms with van der Waals surface area (Å²) in [5, 5.41) is 14.5. The van der Waals surface area contributed by atoms with Gasteiger partial charge in [0.2, 0.25) is 0 Å². The summed E-state index contributed by atoms with van der Waals surface area (Å²) in [6, 6.07) is 15.8. The minimum Gasteiger partial charge on any atom is -0.372 e. The maximum Gasteiger partial charge on any atom is 0.313 e. The molecule has 0 aromatic heterocycles. The molecule has 0 unspecified atom stereocenters. The third-order valence-electron chi connectivity index (χ3n) is 4.35. The van der Waals surface area contributed by atoms with Gasteiger partial charge in [-0.2, -0.15) is 5.26 Å². The lowest BCUT2D eigenvalue weighted by atomic mass is 9.90. The van der Waals surface area contributed by atoms with Gasteiger partial charge < -0.3 is 15.4 Å². The van der Waals surface area contributed by atoms with Crippen LogP contribution in [0.5, 0.6) is 0 Å². The van der Waals surface area contributed by atoms with Crippen molar-refractivity contribution in [3.63, 3.8) is 0 Å². The molecule has 0 aliphatic heterocycles. The number of halogens is 1. The molecule has 0 radical (unpaired) electrons. The van der Waals surface area contributed by atoms with E-state index in [1.165, 1.54) is 18.2 Å². The van der Waals surface area contributed by atoms with Gasteiger partial charge in [-0.15, -0.1) is 0 Å². The summed E-state index contributed by atoms with van der Waals surface area (Å²) < 4.78 is 5.67. The van der Waals surface area contributed by atoms with Gasteiger partial charge >= 0.3 is 11.8 Å². The molecule has 140 valence electrons. The first kappa shape index (κ1) is 20.4. The van der Waals surface area contributed by atoms with Crippen LogP contribution >= 0.6 is 11.6 Å². The molecule has 2 rings (SSSR count). The van der Waals surface area contributed by atoms with E-state index in [-0.39, 0.29) is 17.8 Å². The Hall–Kier alpha value is -2.88. The molecule has 0 heterocycles. The number of carbonyl (C=O) groups is 2. The highest BCUT2D eigenvalue weighted by Crippen LogP contribution is 2.28. The molecule has 7 heteroatoms. The van der Waals surface area contributed by atoms with Crippen LogP contribution in [0.2, 0.25) is 5.02 Å². The second-order valence-electron chi connectivity index (χ2n) is 5.86. The number of amides is 2. The van der Waals surface area contributed by atoms with Crippen LogP contribution in [0.15, 0.2) is 48.5 Å². The second-order valence-corrected chi connectivity index (χ2v) is 6.29. The molecule has 0 aliphatic rings. The highest BCUT2D eigenvalue weighted by molar-refractivity contribution is 6.40. The molecule has 0 saturated carbocycles. The number of hydrogen-bond acceptors (Lipinski definition) is 4. The number of nitriles is 1. The molecule has 2 aromatic carbocycles. The quantitative estimate of drug-likeness (QED) is 0.747. The Morgan fingerprint density at radius 2 is 1.89 bits per heavy atom. The lowest BCUT2D eigenvalue weighted by Crippen LogP contribution is -2.45. The number of carbonyl (C=O) groups excluding carboxylic acids is 2. The van der Waals surface area contributed by atoms with E-state index >= 15 is 0 Å². The Balaban J connectivity index is 2.09. The van der Waals surface area contributed by atoms with Gasteiger partial charge in [0.25, 0.3) is 0 Å². The summed E-state index contributed by atoms with van der Waals surface area (Å²) in [4.78, 5) is 24.5. The van der Waals surface area contributed by atoms with E-state index in [9.17, 15) is 9.59 Å². The largest absolute Gasteiger partial charge is 0.372 e. The number of anilines is 1. The summed E-state index contributed by atoms with van der Waals surface area (Å²) in [5.74, 6) is -1.72. The molecule has 27 heavy (non-hydrogen) atoms. The van der Waals surface area contributed by atoms with E-state index in [2.05, 4.69) is 10.6 Å². The number of hydrogen-bond donors (Lipinski definition) is 2. The summed E-state index contributed by atoms with van der Waals surface area (Å²) in [6.07, 6.45) is 0.599. The fourth-order valence-electron chi connectivity index (χ4n) is 2.71. The van der Waals surface area contributed by atoms with Crippen LogP contribution in [0.4, 0.5) is 5.69 Å². The number of nitrogens with one attached hydrogen (secondary N) is 2. The average Bonchev–Trinajstić information content (AvgIpc) is 2.70. The summed E-state index contributed by atoms with van der Waals surface area (Å²) >= 11 is 5.89. The molecule has 6 nitrogen and oxygen atoms in total. The maximum absolute atomic E-state index is 12.2. The topological polar surface area (TPSA) is 91.2 Å². The molecule has 1 atom stereocenters. The molecular weight excluding hydrogens is 366 g/mol. The minimum atomic E-state index is -0.886.